The molecule has 19 heavy (non-hydrogen) atoms. The van der Waals surface area contributed by atoms with E-state index in [9.17, 15) is 4.79 Å². The number of nitrogens with one attached hydrogen (secondary N) is 1. The summed E-state index contributed by atoms with van der Waals surface area (Å²) in [6.07, 6.45) is 2.05. The number of halogens is 2. The minimum atomic E-state index is -0.941. The van der Waals surface area contributed by atoms with Gasteiger partial charge in [-0.15, -0.1) is 23.2 Å². The lowest BCUT2D eigenvalue weighted by molar-refractivity contribution is -0.117. The van der Waals surface area contributed by atoms with Gasteiger partial charge in [0.15, 0.2) is 0 Å². The first-order valence-corrected chi connectivity index (χ1v) is 6.55. The van der Waals surface area contributed by atoms with Gasteiger partial charge < -0.3 is 14.8 Å². The average Bonchev–Trinajstić information content (AvgIpc) is 3.01. The molecule has 0 bridgehead atoms. The summed E-state index contributed by atoms with van der Waals surface area (Å²) in [6.45, 7) is 0.799. The van der Waals surface area contributed by atoms with Gasteiger partial charge in [0.1, 0.15) is 16.6 Å². The Morgan fingerprint density at radius 1 is 1.58 bits per heavy atom. The molecule has 104 valence electrons. The normalized spacial score (nSPS) is 19.8. The first-order valence-electron chi connectivity index (χ1n) is 5.80. The topological polar surface area (TPSA) is 60.5 Å². The molecule has 1 fully saturated rings. The van der Waals surface area contributed by atoms with Crippen molar-refractivity contribution >= 4 is 34.8 Å². The Kier molecular flexibility index (Phi) is 4.50. The highest BCUT2D eigenvalue weighted by atomic mass is 35.5. The van der Waals surface area contributed by atoms with Gasteiger partial charge in [0, 0.05) is 13.3 Å². The highest BCUT2D eigenvalue weighted by Crippen LogP contribution is 2.53. The SMILES string of the molecule is COCCOc1ncccc1NC(=O)C1CC1(Cl)Cl. The molecule has 1 heterocycles. The van der Waals surface area contributed by atoms with E-state index in [1.165, 1.54) is 0 Å². The second kappa shape index (κ2) is 5.94. The van der Waals surface area contributed by atoms with Gasteiger partial charge in [0.2, 0.25) is 11.8 Å². The highest BCUT2D eigenvalue weighted by molar-refractivity contribution is 6.52. The molecule has 0 aromatic carbocycles. The summed E-state index contributed by atoms with van der Waals surface area (Å²) in [4.78, 5) is 15.9. The molecule has 1 aromatic heterocycles. The largest absolute Gasteiger partial charge is 0.474 e. The standard InChI is InChI=1S/C12H14Cl2N2O3/c1-18-5-6-19-11-9(3-2-4-15-11)16-10(17)8-7-12(8,13)14/h2-4,8H,5-7H2,1H3,(H,16,17). The van der Waals surface area contributed by atoms with Crippen molar-refractivity contribution in [2.75, 3.05) is 25.6 Å². The monoisotopic (exact) mass is 304 g/mol. The van der Waals surface area contributed by atoms with Crippen LogP contribution in [-0.2, 0) is 9.53 Å². The van der Waals surface area contributed by atoms with E-state index in [4.69, 9.17) is 32.7 Å². The Morgan fingerprint density at radius 3 is 2.95 bits per heavy atom. The van der Waals surface area contributed by atoms with Crippen LogP contribution in [0.3, 0.4) is 0 Å². The molecule has 1 unspecified atom stereocenters. The number of hydrogen-bond acceptors (Lipinski definition) is 4. The Labute approximate surface area is 121 Å². The number of nitrogens with zero attached hydrogens (tertiary/aromatic N) is 1. The van der Waals surface area contributed by atoms with Gasteiger partial charge in [0.05, 0.1) is 12.5 Å². The van der Waals surface area contributed by atoms with Gasteiger partial charge in [-0.05, 0) is 18.6 Å². The first-order chi connectivity index (χ1) is 9.04. The first kappa shape index (κ1) is 14.4. The van der Waals surface area contributed by atoms with Crippen molar-refractivity contribution in [1.29, 1.82) is 0 Å². The molecule has 1 atom stereocenters. The maximum atomic E-state index is 11.9. The van der Waals surface area contributed by atoms with Crippen LogP contribution in [0.15, 0.2) is 18.3 Å². The van der Waals surface area contributed by atoms with Gasteiger partial charge in [-0.3, -0.25) is 4.79 Å². The Hall–Kier alpha value is -1.04. The molecule has 1 aromatic rings. The van der Waals surface area contributed by atoms with Gasteiger partial charge in [0.25, 0.3) is 0 Å². The molecule has 1 N–H and O–H groups in total. The van der Waals surface area contributed by atoms with Crippen LogP contribution in [0.1, 0.15) is 6.42 Å². The van der Waals surface area contributed by atoms with Crippen LogP contribution >= 0.6 is 23.2 Å². The zero-order valence-electron chi connectivity index (χ0n) is 10.4. The number of pyridine rings is 1. The highest BCUT2D eigenvalue weighted by Gasteiger charge is 2.56. The van der Waals surface area contributed by atoms with Crippen molar-refractivity contribution in [3.63, 3.8) is 0 Å². The fourth-order valence-electron chi connectivity index (χ4n) is 1.54. The number of alkyl halides is 2. The van der Waals surface area contributed by atoms with Gasteiger partial charge >= 0.3 is 0 Å². The third kappa shape index (κ3) is 3.72. The van der Waals surface area contributed by atoms with E-state index < -0.39 is 4.33 Å². The predicted octanol–water partition coefficient (Wildman–Crippen LogP) is 2.24. The number of carbonyl (C=O) groups is 1. The summed E-state index contributed by atoms with van der Waals surface area (Å²) < 4.78 is 9.36. The van der Waals surface area contributed by atoms with E-state index in [1.807, 2.05) is 0 Å². The van der Waals surface area contributed by atoms with Gasteiger partial charge in [-0.25, -0.2) is 4.98 Å². The summed E-state index contributed by atoms with van der Waals surface area (Å²) in [5.41, 5.74) is 0.500. The van der Waals surface area contributed by atoms with E-state index in [1.54, 1.807) is 25.4 Å². The number of aromatic nitrogens is 1. The second-order valence-corrected chi connectivity index (χ2v) is 5.75. The van der Waals surface area contributed by atoms with Crippen LogP contribution in [0.4, 0.5) is 5.69 Å². The Morgan fingerprint density at radius 2 is 2.32 bits per heavy atom. The zero-order valence-corrected chi connectivity index (χ0v) is 11.9. The fourth-order valence-corrected chi connectivity index (χ4v) is 2.05. The van der Waals surface area contributed by atoms with Crippen molar-refractivity contribution in [2.45, 2.75) is 10.8 Å². The fraction of sp³-hybridized carbons (Fsp3) is 0.500. The third-order valence-corrected chi connectivity index (χ3v) is 3.53. The Bertz CT molecular complexity index is 468. The second-order valence-electron chi connectivity index (χ2n) is 4.20. The molecule has 0 spiro atoms. The number of rotatable bonds is 6. The van der Waals surface area contributed by atoms with E-state index in [2.05, 4.69) is 10.3 Å². The number of carbonyl (C=O) groups excluding carboxylic acids is 1. The molecule has 1 aliphatic rings. The minimum Gasteiger partial charge on any atom is -0.474 e. The summed E-state index contributed by atoms with van der Waals surface area (Å²) in [5.74, 6) is -0.263. The van der Waals surface area contributed by atoms with Crippen molar-refractivity contribution in [2.24, 2.45) is 5.92 Å². The maximum absolute atomic E-state index is 11.9. The lowest BCUT2D eigenvalue weighted by Gasteiger charge is -2.11. The van der Waals surface area contributed by atoms with Crippen LogP contribution in [-0.4, -0.2) is 35.5 Å². The lowest BCUT2D eigenvalue weighted by Crippen LogP contribution is -2.18. The van der Waals surface area contributed by atoms with E-state index in [-0.39, 0.29) is 11.8 Å². The summed E-state index contributed by atoms with van der Waals surface area (Å²) in [7, 11) is 1.58. The van der Waals surface area contributed by atoms with Crippen molar-refractivity contribution < 1.29 is 14.3 Å². The van der Waals surface area contributed by atoms with Crippen LogP contribution in [0, 0.1) is 5.92 Å². The van der Waals surface area contributed by atoms with Gasteiger partial charge in [-0.2, -0.15) is 0 Å². The molecule has 7 heteroatoms. The summed E-state index contributed by atoms with van der Waals surface area (Å²) in [5, 5.41) is 2.72. The lowest BCUT2D eigenvalue weighted by atomic mass is 10.3. The van der Waals surface area contributed by atoms with E-state index >= 15 is 0 Å². The molecule has 0 aliphatic heterocycles. The van der Waals surface area contributed by atoms with Crippen LogP contribution in [0.25, 0.3) is 0 Å². The number of hydrogen-bond donors (Lipinski definition) is 1. The molecule has 0 saturated heterocycles. The Balaban J connectivity index is 1.97. The average molecular weight is 305 g/mol. The number of methoxy groups -OCH3 is 1. The third-order valence-electron chi connectivity index (χ3n) is 2.70. The molecule has 5 nitrogen and oxygen atoms in total. The van der Waals surface area contributed by atoms with Gasteiger partial charge in [-0.1, -0.05) is 0 Å². The molecule has 1 amide bonds. The van der Waals surface area contributed by atoms with Crippen LogP contribution in [0.2, 0.25) is 0 Å². The zero-order chi connectivity index (χ0) is 13.9. The molecule has 1 aliphatic carbocycles. The molecule has 1 saturated carbocycles. The maximum Gasteiger partial charge on any atom is 0.237 e. The predicted molar refractivity (Wildman–Crippen MR) is 72.8 cm³/mol. The molecular formula is C12H14Cl2N2O3. The van der Waals surface area contributed by atoms with Crippen LogP contribution in [0.5, 0.6) is 5.88 Å². The number of amides is 1. The van der Waals surface area contributed by atoms with E-state index in [0.29, 0.717) is 31.2 Å². The van der Waals surface area contributed by atoms with E-state index in [0.717, 1.165) is 0 Å². The smallest absolute Gasteiger partial charge is 0.237 e. The molecule has 0 radical (unpaired) electrons. The number of ether oxygens (including phenoxy) is 2. The number of anilines is 1. The quantitative estimate of drug-likeness (QED) is 0.647. The van der Waals surface area contributed by atoms with Crippen molar-refractivity contribution in [3.8, 4) is 5.88 Å². The molecular weight excluding hydrogens is 291 g/mol. The summed E-state index contributed by atoms with van der Waals surface area (Å²) >= 11 is 11.7. The summed E-state index contributed by atoms with van der Waals surface area (Å²) in [6, 6.07) is 3.42. The van der Waals surface area contributed by atoms with Crippen molar-refractivity contribution in [3.05, 3.63) is 18.3 Å². The van der Waals surface area contributed by atoms with Crippen LogP contribution < -0.4 is 10.1 Å². The van der Waals surface area contributed by atoms with Crippen molar-refractivity contribution in [1.82, 2.24) is 4.98 Å². The minimum absolute atomic E-state index is 0.227. The molecule has 2 rings (SSSR count).